The zero-order valence-corrected chi connectivity index (χ0v) is 31.1. The lowest BCUT2D eigenvalue weighted by Gasteiger charge is -2.26. The van der Waals surface area contributed by atoms with Crippen molar-refractivity contribution in [2.45, 2.75) is 19.6 Å². The fourth-order valence-corrected chi connectivity index (χ4v) is 8.62. The number of benzene rings is 4. The van der Waals surface area contributed by atoms with Gasteiger partial charge in [0.2, 0.25) is 0 Å². The highest BCUT2D eigenvalue weighted by atomic mass is 127. The number of fused-ring (bicyclic) bond motifs is 1. The molecule has 0 N–H and O–H groups in total. The predicted octanol–water partition coefficient (Wildman–Crippen LogP) is 7.39. The fraction of sp³-hybridized carbons (Fsp3) is 0.139. The van der Waals surface area contributed by atoms with Crippen LogP contribution in [0.4, 0.5) is 0 Å². The van der Waals surface area contributed by atoms with Crippen molar-refractivity contribution in [1.82, 2.24) is 4.57 Å². The third-order valence-corrected chi connectivity index (χ3v) is 10.2. The summed E-state index contributed by atoms with van der Waals surface area (Å²) in [6, 6.07) is 27.6. The second-order valence-electron chi connectivity index (χ2n) is 10.4. The Morgan fingerprint density at radius 2 is 1.72 bits per heavy atom. The summed E-state index contributed by atoms with van der Waals surface area (Å²) in [7, 11) is 1.59. The minimum absolute atomic E-state index is 0.181. The van der Waals surface area contributed by atoms with E-state index in [4.69, 9.17) is 30.8 Å². The predicted molar refractivity (Wildman–Crippen MR) is 202 cm³/mol. The molecule has 7 nitrogen and oxygen atoms in total. The number of rotatable bonds is 9. The first-order chi connectivity index (χ1) is 22.8. The number of nitrogens with zero attached hydrogens (tertiary/aromatic N) is 2. The Bertz CT molecular complexity index is 2160. The Hall–Kier alpha value is -3.46. The van der Waals surface area contributed by atoms with E-state index in [2.05, 4.69) is 45.2 Å². The Kier molecular flexibility index (Phi) is 10.5. The average Bonchev–Trinajstić information content (AvgIpc) is 3.38. The molecule has 0 spiro atoms. The maximum absolute atomic E-state index is 14.3. The van der Waals surface area contributed by atoms with Crippen LogP contribution in [-0.4, -0.2) is 24.3 Å². The standard InChI is InChI=1S/C36H27ClI2N2O5S/c1-3-45-35(43)30-31(23-9-5-4-6-10-23)40-36-41(32(30)24-12-14-26(44-2)15-13-24)34(42)29(47-36)19-22-17-27(38)33(28(39)18-22)46-20-21-8-7-11-25(37)16-21/h4-19,32H,3,20H2,1-2H3/b29-19-/t32-/m1/s1. The Morgan fingerprint density at radius 1 is 1.00 bits per heavy atom. The van der Waals surface area contributed by atoms with Gasteiger partial charge >= 0.3 is 5.97 Å². The molecule has 1 aliphatic rings. The number of esters is 1. The number of ether oxygens (including phenoxy) is 3. The van der Waals surface area contributed by atoms with E-state index in [1.54, 1.807) is 18.6 Å². The quantitative estimate of drug-likeness (QED) is 0.114. The van der Waals surface area contributed by atoms with E-state index in [-0.39, 0.29) is 12.2 Å². The molecule has 1 atom stereocenters. The molecule has 0 radical (unpaired) electrons. The van der Waals surface area contributed by atoms with Crippen molar-refractivity contribution >= 4 is 85.9 Å². The van der Waals surface area contributed by atoms with Crippen molar-refractivity contribution in [3.8, 4) is 11.5 Å². The van der Waals surface area contributed by atoms with Gasteiger partial charge in [-0.05, 0) is 111 Å². The van der Waals surface area contributed by atoms with Crippen LogP contribution >= 0.6 is 68.1 Å². The van der Waals surface area contributed by atoms with Crippen molar-refractivity contribution < 1.29 is 19.0 Å². The minimum Gasteiger partial charge on any atom is -0.497 e. The van der Waals surface area contributed by atoms with E-state index in [1.807, 2.05) is 97.1 Å². The van der Waals surface area contributed by atoms with E-state index in [9.17, 15) is 9.59 Å². The third kappa shape index (κ3) is 7.20. The van der Waals surface area contributed by atoms with Crippen molar-refractivity contribution in [3.63, 3.8) is 0 Å². The average molecular weight is 889 g/mol. The lowest BCUT2D eigenvalue weighted by molar-refractivity contribution is -0.138. The zero-order valence-electron chi connectivity index (χ0n) is 25.2. The number of aromatic nitrogens is 1. The number of carbonyl (C=O) groups is 1. The molecule has 0 amide bonds. The highest BCUT2D eigenvalue weighted by molar-refractivity contribution is 14.1. The van der Waals surface area contributed by atoms with E-state index >= 15 is 0 Å². The molecular formula is C36H27ClI2N2O5S. The van der Waals surface area contributed by atoms with E-state index in [0.717, 1.165) is 35.1 Å². The summed E-state index contributed by atoms with van der Waals surface area (Å²) in [5, 5.41) is 0.659. The van der Waals surface area contributed by atoms with Gasteiger partial charge in [-0.3, -0.25) is 9.36 Å². The molecule has 0 fully saturated rings. The van der Waals surface area contributed by atoms with Crippen LogP contribution in [0.3, 0.4) is 0 Å². The molecule has 0 saturated carbocycles. The van der Waals surface area contributed by atoms with Crippen LogP contribution in [-0.2, 0) is 16.1 Å². The van der Waals surface area contributed by atoms with Gasteiger partial charge in [0.05, 0.1) is 42.7 Å². The van der Waals surface area contributed by atoms with Crippen LogP contribution in [0, 0.1) is 7.14 Å². The normalized spacial score (nSPS) is 14.4. The van der Waals surface area contributed by atoms with Crippen molar-refractivity contribution in [1.29, 1.82) is 0 Å². The largest absolute Gasteiger partial charge is 0.497 e. The van der Waals surface area contributed by atoms with Gasteiger partial charge in [-0.2, -0.15) is 0 Å². The molecule has 0 saturated heterocycles. The van der Waals surface area contributed by atoms with Gasteiger partial charge < -0.3 is 14.2 Å². The number of carbonyl (C=O) groups excluding carboxylic acids is 1. The molecule has 0 aliphatic carbocycles. The smallest absolute Gasteiger partial charge is 0.338 e. The molecule has 47 heavy (non-hydrogen) atoms. The van der Waals surface area contributed by atoms with Crippen LogP contribution in [0.15, 0.2) is 106 Å². The molecule has 0 bridgehead atoms. The molecule has 2 heterocycles. The molecule has 11 heteroatoms. The minimum atomic E-state index is -0.767. The first-order valence-corrected chi connectivity index (χ1v) is 17.9. The SMILES string of the molecule is CCOC(=O)C1=C(c2ccccc2)N=c2s/c(=C\c3cc(I)c(OCc4cccc(Cl)c4)c(I)c3)c(=O)n2[C@@H]1c1ccc(OC)cc1. The van der Waals surface area contributed by atoms with Crippen LogP contribution in [0.5, 0.6) is 11.5 Å². The first kappa shape index (κ1) is 33.4. The monoisotopic (exact) mass is 888 g/mol. The summed E-state index contributed by atoms with van der Waals surface area (Å²) in [4.78, 5) is 33.3. The van der Waals surface area contributed by atoms with Crippen LogP contribution < -0.4 is 24.4 Å². The van der Waals surface area contributed by atoms with Crippen LogP contribution in [0.2, 0.25) is 5.02 Å². The van der Waals surface area contributed by atoms with Crippen LogP contribution in [0.1, 0.15) is 35.2 Å². The Balaban J connectivity index is 1.48. The molecule has 5 aromatic rings. The second-order valence-corrected chi connectivity index (χ2v) is 14.2. The lowest BCUT2D eigenvalue weighted by atomic mass is 9.93. The van der Waals surface area contributed by atoms with Gasteiger partial charge in [-0.1, -0.05) is 77.5 Å². The van der Waals surface area contributed by atoms with Gasteiger partial charge in [-0.15, -0.1) is 0 Å². The summed E-state index contributed by atoms with van der Waals surface area (Å²) >= 11 is 11.9. The Labute approximate surface area is 307 Å². The van der Waals surface area contributed by atoms with Crippen molar-refractivity contribution in [2.75, 3.05) is 13.7 Å². The summed E-state index contributed by atoms with van der Waals surface area (Å²) in [6.07, 6.45) is 1.86. The van der Waals surface area contributed by atoms with Gasteiger partial charge in [0.1, 0.15) is 18.1 Å². The zero-order chi connectivity index (χ0) is 33.1. The highest BCUT2D eigenvalue weighted by Crippen LogP contribution is 2.36. The van der Waals surface area contributed by atoms with Gasteiger partial charge in [-0.25, -0.2) is 9.79 Å². The number of thiazole rings is 1. The van der Waals surface area contributed by atoms with Crippen molar-refractivity contribution in [2.24, 2.45) is 4.99 Å². The highest BCUT2D eigenvalue weighted by Gasteiger charge is 2.35. The first-order valence-electron chi connectivity index (χ1n) is 14.6. The van der Waals surface area contributed by atoms with Gasteiger partial charge in [0.25, 0.3) is 5.56 Å². The molecule has 0 unspecified atom stereocenters. The molecule has 6 rings (SSSR count). The molecule has 1 aliphatic heterocycles. The van der Waals surface area contributed by atoms with Crippen LogP contribution in [0.25, 0.3) is 11.8 Å². The van der Waals surface area contributed by atoms with Gasteiger partial charge in [0.15, 0.2) is 4.80 Å². The van der Waals surface area contributed by atoms with E-state index in [0.29, 0.717) is 38.0 Å². The maximum Gasteiger partial charge on any atom is 0.338 e. The number of hydrogen-bond acceptors (Lipinski definition) is 7. The second kappa shape index (κ2) is 14.8. The van der Waals surface area contributed by atoms with Crippen molar-refractivity contribution in [3.05, 3.63) is 151 Å². The summed E-state index contributed by atoms with van der Waals surface area (Å²) in [6.45, 7) is 2.32. The fourth-order valence-electron chi connectivity index (χ4n) is 5.28. The molecule has 1 aromatic heterocycles. The number of methoxy groups -OCH3 is 1. The van der Waals surface area contributed by atoms with E-state index in [1.165, 1.54) is 11.3 Å². The Morgan fingerprint density at radius 3 is 2.38 bits per heavy atom. The maximum atomic E-state index is 14.3. The lowest BCUT2D eigenvalue weighted by Crippen LogP contribution is -2.40. The van der Waals surface area contributed by atoms with Gasteiger partial charge in [0, 0.05) is 10.6 Å². The molecular weight excluding hydrogens is 862 g/mol. The van der Waals surface area contributed by atoms with E-state index < -0.39 is 12.0 Å². The summed E-state index contributed by atoms with van der Waals surface area (Å²) < 4.78 is 21.0. The third-order valence-electron chi connectivity index (χ3n) is 7.40. The summed E-state index contributed by atoms with van der Waals surface area (Å²) in [5.41, 5.74) is 3.82. The number of hydrogen-bond donors (Lipinski definition) is 0. The number of halogens is 3. The summed E-state index contributed by atoms with van der Waals surface area (Å²) in [5.74, 6) is 0.897. The molecule has 4 aromatic carbocycles. The topological polar surface area (TPSA) is 79.1 Å². The molecule has 238 valence electrons.